The van der Waals surface area contributed by atoms with Gasteiger partial charge in [0.25, 0.3) is 0 Å². The molecule has 0 aromatic heterocycles. The fourth-order valence-electron chi connectivity index (χ4n) is 2.82. The first kappa shape index (κ1) is 22.4. The molecule has 2 nitrogen and oxygen atoms in total. The molecule has 2 rings (SSSR count). The Bertz CT molecular complexity index is 756. The fourth-order valence-corrected chi connectivity index (χ4v) is 5.84. The van der Waals surface area contributed by atoms with Crippen LogP contribution in [0.1, 0.15) is 43.9 Å². The molecule has 0 heterocycles. The molecular weight excluding hydrogens is 592 g/mol. The van der Waals surface area contributed by atoms with Crippen LogP contribution in [0.4, 0.5) is 0 Å². The van der Waals surface area contributed by atoms with Crippen LogP contribution in [0.15, 0.2) is 42.2 Å². The zero-order valence-corrected chi connectivity index (χ0v) is 21.5. The highest BCUT2D eigenvalue weighted by Crippen LogP contribution is 2.42. The summed E-state index contributed by atoms with van der Waals surface area (Å²) in [5, 5.41) is 10.0. The van der Waals surface area contributed by atoms with E-state index >= 15 is 0 Å². The van der Waals surface area contributed by atoms with Crippen molar-refractivity contribution in [2.75, 3.05) is 7.11 Å². The van der Waals surface area contributed by atoms with Gasteiger partial charge in [0.2, 0.25) is 0 Å². The molecule has 0 amide bonds. The summed E-state index contributed by atoms with van der Waals surface area (Å²) < 4.78 is 9.27. The molecule has 0 aliphatic carbocycles. The summed E-state index contributed by atoms with van der Waals surface area (Å²) in [6.45, 7) is 6.38. The Labute approximate surface area is 189 Å². The molecule has 0 aliphatic heterocycles. The highest BCUT2D eigenvalue weighted by atomic mass is 79.9. The maximum atomic E-state index is 10.0. The normalized spacial score (nSPS) is 13.0. The van der Waals surface area contributed by atoms with Gasteiger partial charge in [0.05, 0.1) is 22.2 Å². The molecule has 2 aromatic carbocycles. The van der Waals surface area contributed by atoms with Crippen LogP contribution in [-0.4, -0.2) is 18.3 Å². The quantitative estimate of drug-likeness (QED) is 0.368. The molecule has 1 unspecified atom stereocenters. The van der Waals surface area contributed by atoms with E-state index in [1.807, 2.05) is 6.92 Å². The summed E-state index contributed by atoms with van der Waals surface area (Å²) in [4.78, 5) is 0. The zero-order chi connectivity index (χ0) is 19.6. The van der Waals surface area contributed by atoms with Crippen LogP contribution in [0.25, 0.3) is 0 Å². The first-order valence-electron chi connectivity index (χ1n) is 8.31. The number of ether oxygens (including phenoxy) is 1. The van der Waals surface area contributed by atoms with E-state index in [1.165, 1.54) is 5.56 Å². The lowest BCUT2D eigenvalue weighted by atomic mass is 9.78. The van der Waals surface area contributed by atoms with Crippen molar-refractivity contribution in [1.82, 2.24) is 0 Å². The van der Waals surface area contributed by atoms with E-state index in [-0.39, 0.29) is 11.5 Å². The molecule has 2 aromatic rings. The molecule has 0 saturated carbocycles. The molecule has 0 saturated heterocycles. The van der Waals surface area contributed by atoms with Crippen LogP contribution >= 0.6 is 63.7 Å². The fraction of sp³-hybridized carbons (Fsp3) is 0.400. The number of hydrogen-bond acceptors (Lipinski definition) is 2. The minimum absolute atomic E-state index is 0.218. The number of hydrogen-bond donors (Lipinski definition) is 1. The lowest BCUT2D eigenvalue weighted by Gasteiger charge is -2.28. The van der Waals surface area contributed by atoms with Gasteiger partial charge in [-0.25, -0.2) is 0 Å². The molecule has 0 aliphatic rings. The van der Waals surface area contributed by atoms with Gasteiger partial charge < -0.3 is 9.84 Å². The third-order valence-electron chi connectivity index (χ3n) is 4.70. The van der Waals surface area contributed by atoms with E-state index in [2.05, 4.69) is 102 Å². The van der Waals surface area contributed by atoms with Crippen LogP contribution in [-0.2, 0) is 11.8 Å². The number of methoxy groups -OCH3 is 1. The first-order chi connectivity index (χ1) is 12.1. The maximum Gasteiger partial charge on any atom is 0.147 e. The molecule has 142 valence electrons. The van der Waals surface area contributed by atoms with Crippen LogP contribution in [0.3, 0.4) is 0 Å². The van der Waals surface area contributed by atoms with Gasteiger partial charge in [0, 0.05) is 20.8 Å². The van der Waals surface area contributed by atoms with Gasteiger partial charge in [-0.3, -0.25) is 0 Å². The van der Waals surface area contributed by atoms with Crippen LogP contribution in [0.2, 0.25) is 0 Å². The Balaban J connectivity index is 2.50. The van der Waals surface area contributed by atoms with Gasteiger partial charge in [0.15, 0.2) is 0 Å². The summed E-state index contributed by atoms with van der Waals surface area (Å²) >= 11 is 14.6. The van der Waals surface area contributed by atoms with E-state index in [4.69, 9.17) is 4.74 Å². The highest BCUT2D eigenvalue weighted by molar-refractivity contribution is 9.11. The van der Waals surface area contributed by atoms with Gasteiger partial charge in [-0.1, -0.05) is 52.6 Å². The molecule has 1 N–H and O–H groups in total. The van der Waals surface area contributed by atoms with Crippen LogP contribution in [0, 0.1) is 0 Å². The Morgan fingerprint density at radius 3 is 1.73 bits per heavy atom. The third-order valence-corrected chi connectivity index (χ3v) is 7.29. The summed E-state index contributed by atoms with van der Waals surface area (Å²) in [6.07, 6.45) is 1.02. The second-order valence-electron chi connectivity index (χ2n) is 6.78. The van der Waals surface area contributed by atoms with Gasteiger partial charge in [0.1, 0.15) is 5.75 Å². The number of aliphatic hydroxyl groups excluding tert-OH is 1. The van der Waals surface area contributed by atoms with Gasteiger partial charge in [-0.2, -0.15) is 0 Å². The summed E-state index contributed by atoms with van der Waals surface area (Å²) in [7, 11) is 1.66. The lowest BCUT2D eigenvalue weighted by Crippen LogP contribution is -2.20. The van der Waals surface area contributed by atoms with E-state index in [9.17, 15) is 5.11 Å². The predicted octanol–water partition coefficient (Wildman–Crippen LogP) is 7.38. The molecular formula is C20H22Br4O2. The summed E-state index contributed by atoms with van der Waals surface area (Å²) in [6, 6.07) is 8.49. The predicted molar refractivity (Wildman–Crippen MR) is 122 cm³/mol. The summed E-state index contributed by atoms with van der Waals surface area (Å²) in [5.41, 5.74) is 3.22. The van der Waals surface area contributed by atoms with Crippen LogP contribution < -0.4 is 4.74 Å². The Kier molecular flexibility index (Phi) is 7.83. The SMILES string of the molecule is CCC(O)Cc1c(Br)cc(C(C)(C)c2cc(Br)c(OC)c(Br)c2)cc1Br. The smallest absolute Gasteiger partial charge is 0.147 e. The summed E-state index contributed by atoms with van der Waals surface area (Å²) in [5.74, 6) is 0.788. The van der Waals surface area contributed by atoms with E-state index < -0.39 is 0 Å². The van der Waals surface area contributed by atoms with E-state index in [0.29, 0.717) is 6.42 Å². The van der Waals surface area contributed by atoms with Crippen molar-refractivity contribution in [2.24, 2.45) is 0 Å². The molecule has 0 spiro atoms. The third kappa shape index (κ3) is 4.75. The zero-order valence-electron chi connectivity index (χ0n) is 15.2. The highest BCUT2D eigenvalue weighted by Gasteiger charge is 2.27. The molecule has 0 bridgehead atoms. The van der Waals surface area contributed by atoms with Crippen molar-refractivity contribution in [3.05, 3.63) is 58.8 Å². The molecule has 6 heteroatoms. The molecule has 0 radical (unpaired) electrons. The maximum absolute atomic E-state index is 10.0. The number of halogens is 4. The first-order valence-corrected chi connectivity index (χ1v) is 11.5. The Hall–Kier alpha value is 0.120. The number of benzene rings is 2. The van der Waals surface area contributed by atoms with Gasteiger partial charge >= 0.3 is 0 Å². The molecule has 0 fully saturated rings. The van der Waals surface area contributed by atoms with Gasteiger partial charge in [-0.05, 0) is 79.2 Å². The number of aliphatic hydroxyl groups is 1. The van der Waals surface area contributed by atoms with Gasteiger partial charge in [-0.15, -0.1) is 0 Å². The van der Waals surface area contributed by atoms with Crippen molar-refractivity contribution in [3.63, 3.8) is 0 Å². The lowest BCUT2D eigenvalue weighted by molar-refractivity contribution is 0.170. The van der Waals surface area contributed by atoms with Crippen molar-refractivity contribution in [3.8, 4) is 5.75 Å². The van der Waals surface area contributed by atoms with Crippen molar-refractivity contribution in [2.45, 2.75) is 45.1 Å². The number of rotatable bonds is 6. The van der Waals surface area contributed by atoms with Crippen LogP contribution in [0.5, 0.6) is 5.75 Å². The standard InChI is InChI=1S/C20H22Br4O2/c1-5-13(25)10-14-15(21)6-11(7-16(14)22)20(2,3)12-8-17(23)19(26-4)18(24)9-12/h6-9,13,25H,5,10H2,1-4H3. The molecule has 26 heavy (non-hydrogen) atoms. The Morgan fingerprint density at radius 2 is 1.35 bits per heavy atom. The minimum atomic E-state index is -0.338. The van der Waals surface area contributed by atoms with E-state index in [1.54, 1.807) is 7.11 Å². The van der Waals surface area contributed by atoms with Crippen molar-refractivity contribution < 1.29 is 9.84 Å². The second kappa shape index (κ2) is 9.08. The topological polar surface area (TPSA) is 29.5 Å². The average molecular weight is 614 g/mol. The Morgan fingerprint density at radius 1 is 0.923 bits per heavy atom. The minimum Gasteiger partial charge on any atom is -0.494 e. The molecule has 1 atom stereocenters. The van der Waals surface area contributed by atoms with Crippen molar-refractivity contribution in [1.29, 1.82) is 0 Å². The van der Waals surface area contributed by atoms with E-state index in [0.717, 1.165) is 41.2 Å². The monoisotopic (exact) mass is 610 g/mol. The average Bonchev–Trinajstić information content (AvgIpc) is 2.57. The van der Waals surface area contributed by atoms with Crippen molar-refractivity contribution >= 4 is 63.7 Å². The largest absolute Gasteiger partial charge is 0.494 e. The second-order valence-corrected chi connectivity index (χ2v) is 10.2.